The Bertz CT molecular complexity index is 735. The van der Waals surface area contributed by atoms with Crippen molar-refractivity contribution in [2.75, 3.05) is 31.1 Å². The molecule has 4 heterocycles. The van der Waals surface area contributed by atoms with Crippen LogP contribution in [0.4, 0.5) is 5.82 Å². The minimum atomic E-state index is 0.768. The predicted octanol–water partition coefficient (Wildman–Crippen LogP) is 2.69. The Morgan fingerprint density at radius 1 is 1.08 bits per heavy atom. The zero-order chi connectivity index (χ0) is 16.8. The summed E-state index contributed by atoms with van der Waals surface area (Å²) in [5, 5.41) is 1.34. The fraction of sp³-hybridized carbons (Fsp3) is 0.632. The third-order valence-corrected chi connectivity index (χ3v) is 7.07. The van der Waals surface area contributed by atoms with Crippen molar-refractivity contribution in [3.63, 3.8) is 0 Å². The number of rotatable bonds is 3. The average Bonchev–Trinajstić information content (AvgIpc) is 3.27. The highest BCUT2D eigenvalue weighted by Crippen LogP contribution is 2.35. The number of likely N-dealkylation sites (tertiary alicyclic amines) is 1. The lowest BCUT2D eigenvalue weighted by Crippen LogP contribution is -2.29. The second-order valence-electron chi connectivity index (χ2n) is 7.82. The van der Waals surface area contributed by atoms with Crippen molar-refractivity contribution in [3.8, 4) is 0 Å². The van der Waals surface area contributed by atoms with Gasteiger partial charge in [0.1, 0.15) is 17.2 Å². The van der Waals surface area contributed by atoms with Crippen LogP contribution in [0.5, 0.6) is 0 Å². The molecule has 2 fully saturated rings. The first-order chi connectivity index (χ1) is 12.2. The van der Waals surface area contributed by atoms with Gasteiger partial charge in [-0.2, -0.15) is 0 Å². The quantitative estimate of drug-likeness (QED) is 0.847. The van der Waals surface area contributed by atoms with Gasteiger partial charge < -0.3 is 4.90 Å². The molecule has 0 amide bonds. The summed E-state index contributed by atoms with van der Waals surface area (Å²) >= 11 is 1.97. The van der Waals surface area contributed by atoms with Gasteiger partial charge in [-0.15, -0.1) is 11.3 Å². The molecular formula is C19H25N5S. The van der Waals surface area contributed by atoms with Crippen LogP contribution in [0.1, 0.15) is 34.1 Å². The second-order valence-corrected chi connectivity index (χ2v) is 8.99. The zero-order valence-electron chi connectivity index (χ0n) is 14.8. The maximum absolute atomic E-state index is 4.93. The number of fused-ring (bicyclic) bond motifs is 2. The van der Waals surface area contributed by atoms with Gasteiger partial charge in [0.25, 0.3) is 0 Å². The molecule has 2 aromatic heterocycles. The minimum Gasteiger partial charge on any atom is -0.356 e. The van der Waals surface area contributed by atoms with Crippen molar-refractivity contribution < 1.29 is 0 Å². The topological polar surface area (TPSA) is 45.2 Å². The van der Waals surface area contributed by atoms with Crippen LogP contribution in [0.25, 0.3) is 0 Å². The molecule has 3 aliphatic rings. The first kappa shape index (κ1) is 15.7. The summed E-state index contributed by atoms with van der Waals surface area (Å²) in [4.78, 5) is 20.2. The summed E-state index contributed by atoms with van der Waals surface area (Å²) < 4.78 is 0. The number of aryl methyl sites for hydroxylation is 3. The van der Waals surface area contributed by atoms with E-state index in [1.54, 1.807) is 11.2 Å². The molecule has 0 bridgehead atoms. The van der Waals surface area contributed by atoms with E-state index in [1.807, 2.05) is 18.3 Å². The van der Waals surface area contributed by atoms with E-state index in [9.17, 15) is 0 Å². The van der Waals surface area contributed by atoms with Gasteiger partial charge in [-0.3, -0.25) is 4.90 Å². The molecule has 5 rings (SSSR count). The molecule has 2 saturated heterocycles. The monoisotopic (exact) mass is 355 g/mol. The lowest BCUT2D eigenvalue weighted by Gasteiger charge is -2.21. The lowest BCUT2D eigenvalue weighted by atomic mass is 10.0. The van der Waals surface area contributed by atoms with E-state index in [0.29, 0.717) is 0 Å². The number of hydrogen-bond acceptors (Lipinski definition) is 6. The third kappa shape index (κ3) is 3.06. The zero-order valence-corrected chi connectivity index (χ0v) is 15.6. The molecule has 132 valence electrons. The van der Waals surface area contributed by atoms with Gasteiger partial charge in [0.05, 0.1) is 12.2 Å². The van der Waals surface area contributed by atoms with Crippen LogP contribution < -0.4 is 4.90 Å². The molecule has 5 nitrogen and oxygen atoms in total. The van der Waals surface area contributed by atoms with Gasteiger partial charge in [-0.25, -0.2) is 15.0 Å². The molecule has 0 N–H and O–H groups in total. The van der Waals surface area contributed by atoms with Gasteiger partial charge in [0.2, 0.25) is 0 Å². The van der Waals surface area contributed by atoms with E-state index < -0.39 is 0 Å². The fourth-order valence-electron chi connectivity index (χ4n) is 4.68. The highest BCUT2D eigenvalue weighted by atomic mass is 32.1. The third-order valence-electron chi connectivity index (χ3n) is 5.92. The Hall–Kier alpha value is -1.53. The Morgan fingerprint density at radius 2 is 1.88 bits per heavy atom. The number of hydrogen-bond donors (Lipinski definition) is 0. The molecule has 25 heavy (non-hydrogen) atoms. The minimum absolute atomic E-state index is 0.768. The Labute approximate surface area is 153 Å². The number of thiazole rings is 1. The Balaban J connectivity index is 1.21. The molecule has 0 spiro atoms. The van der Waals surface area contributed by atoms with Crippen molar-refractivity contribution >= 4 is 17.2 Å². The van der Waals surface area contributed by atoms with Crippen molar-refractivity contribution in [1.29, 1.82) is 0 Å². The van der Waals surface area contributed by atoms with Crippen molar-refractivity contribution in [2.45, 2.75) is 39.2 Å². The number of nitrogens with zero attached hydrogens (tertiary/aromatic N) is 5. The fourth-order valence-corrected chi connectivity index (χ4v) is 5.88. The number of aromatic nitrogens is 3. The summed E-state index contributed by atoms with van der Waals surface area (Å²) in [5.74, 6) is 2.63. The average molecular weight is 356 g/mol. The summed E-state index contributed by atoms with van der Waals surface area (Å²) in [6, 6.07) is 2.11. The summed E-state index contributed by atoms with van der Waals surface area (Å²) in [5.41, 5.74) is 2.45. The smallest absolute Gasteiger partial charge is 0.132 e. The van der Waals surface area contributed by atoms with Gasteiger partial charge >= 0.3 is 0 Å². The van der Waals surface area contributed by atoms with Crippen LogP contribution >= 0.6 is 11.3 Å². The summed E-state index contributed by atoms with van der Waals surface area (Å²) in [6.07, 6.45) is 6.81. The van der Waals surface area contributed by atoms with E-state index in [0.717, 1.165) is 43.0 Å². The van der Waals surface area contributed by atoms with Crippen LogP contribution in [0.15, 0.2) is 12.4 Å². The lowest BCUT2D eigenvalue weighted by molar-refractivity contribution is 0.308. The largest absolute Gasteiger partial charge is 0.356 e. The van der Waals surface area contributed by atoms with Crippen LogP contribution in [-0.2, 0) is 19.4 Å². The molecule has 0 aromatic carbocycles. The van der Waals surface area contributed by atoms with E-state index >= 15 is 0 Å². The predicted molar refractivity (Wildman–Crippen MR) is 100.0 cm³/mol. The van der Waals surface area contributed by atoms with Crippen LogP contribution in [-0.4, -0.2) is 46.0 Å². The van der Waals surface area contributed by atoms with Gasteiger partial charge in [0.15, 0.2) is 0 Å². The molecule has 2 atom stereocenters. The van der Waals surface area contributed by atoms with Crippen LogP contribution in [0.2, 0.25) is 0 Å². The first-order valence-corrected chi connectivity index (χ1v) is 10.3. The summed E-state index contributed by atoms with van der Waals surface area (Å²) in [7, 11) is 0. The highest BCUT2D eigenvalue weighted by Gasteiger charge is 2.40. The standard InChI is InChI=1S/C19H25N5S/c1-13-6-18(21-12-20-13)24-9-14-7-23(8-15(14)10-24)11-19-22-16-4-2-3-5-17(16)25-19/h6,12,14-15H,2-5,7-11H2,1H3. The van der Waals surface area contributed by atoms with E-state index in [1.165, 1.54) is 49.5 Å². The number of anilines is 1. The molecule has 1 aliphatic carbocycles. The first-order valence-electron chi connectivity index (χ1n) is 9.48. The maximum Gasteiger partial charge on any atom is 0.132 e. The molecule has 2 unspecified atom stereocenters. The van der Waals surface area contributed by atoms with E-state index in [4.69, 9.17) is 4.98 Å². The van der Waals surface area contributed by atoms with Crippen molar-refractivity contribution in [2.24, 2.45) is 11.8 Å². The molecule has 6 heteroatoms. The normalized spacial score (nSPS) is 26.0. The second kappa shape index (κ2) is 6.32. The Kier molecular flexibility index (Phi) is 3.97. The van der Waals surface area contributed by atoms with Crippen molar-refractivity contribution in [3.05, 3.63) is 33.7 Å². The van der Waals surface area contributed by atoms with Gasteiger partial charge in [-0.05, 0) is 44.4 Å². The molecular weight excluding hydrogens is 330 g/mol. The molecule has 2 aliphatic heterocycles. The molecule has 2 aromatic rings. The molecule has 0 saturated carbocycles. The summed E-state index contributed by atoms with van der Waals surface area (Å²) in [6.45, 7) is 7.76. The van der Waals surface area contributed by atoms with Gasteiger partial charge in [-0.1, -0.05) is 0 Å². The van der Waals surface area contributed by atoms with E-state index in [-0.39, 0.29) is 0 Å². The highest BCUT2D eigenvalue weighted by molar-refractivity contribution is 7.11. The SMILES string of the molecule is Cc1cc(N2CC3CN(Cc4nc5c(s4)CCCC5)CC3C2)ncn1. The Morgan fingerprint density at radius 3 is 2.64 bits per heavy atom. The maximum atomic E-state index is 4.93. The molecule has 0 radical (unpaired) electrons. The van der Waals surface area contributed by atoms with Crippen LogP contribution in [0.3, 0.4) is 0 Å². The van der Waals surface area contributed by atoms with Crippen LogP contribution in [0, 0.1) is 18.8 Å². The van der Waals surface area contributed by atoms with Gasteiger partial charge in [0, 0.05) is 42.8 Å². The van der Waals surface area contributed by atoms with E-state index in [2.05, 4.69) is 25.8 Å². The van der Waals surface area contributed by atoms with Crippen molar-refractivity contribution in [1.82, 2.24) is 19.9 Å².